The zero-order valence-electron chi connectivity index (χ0n) is 15.5. The molecule has 0 spiro atoms. The molecule has 0 saturated heterocycles. The van der Waals surface area contributed by atoms with Crippen LogP contribution in [-0.4, -0.2) is 59.5 Å². The standard InChI is InChI=1S/C17H30ClN5O/c1-6-19-17(20-10-9-16(24)23(7-2)8-3)22(5)13-15-11-14(18)12-21(15)4/h11-12H,6-10,13H2,1-5H3,(H,19,20). The van der Waals surface area contributed by atoms with Crippen LogP contribution >= 0.6 is 11.6 Å². The molecule has 1 N–H and O–H groups in total. The Morgan fingerprint density at radius 1 is 1.33 bits per heavy atom. The number of aromatic nitrogens is 1. The van der Waals surface area contributed by atoms with Gasteiger partial charge in [0.1, 0.15) is 0 Å². The van der Waals surface area contributed by atoms with Crippen molar-refractivity contribution in [3.63, 3.8) is 0 Å². The minimum absolute atomic E-state index is 0.150. The fourth-order valence-corrected chi connectivity index (χ4v) is 2.78. The van der Waals surface area contributed by atoms with E-state index in [-0.39, 0.29) is 5.91 Å². The van der Waals surface area contributed by atoms with Crippen molar-refractivity contribution in [3.05, 3.63) is 23.0 Å². The van der Waals surface area contributed by atoms with Gasteiger partial charge >= 0.3 is 0 Å². The van der Waals surface area contributed by atoms with E-state index in [9.17, 15) is 4.79 Å². The van der Waals surface area contributed by atoms with Crippen LogP contribution in [0.2, 0.25) is 5.02 Å². The van der Waals surface area contributed by atoms with Gasteiger partial charge < -0.3 is 19.7 Å². The number of hydrogen-bond acceptors (Lipinski definition) is 2. The summed E-state index contributed by atoms with van der Waals surface area (Å²) in [5.41, 5.74) is 1.10. The number of nitrogens with one attached hydrogen (secondary N) is 1. The molecule has 24 heavy (non-hydrogen) atoms. The van der Waals surface area contributed by atoms with Crippen molar-refractivity contribution in [1.29, 1.82) is 0 Å². The third-order valence-electron chi connectivity index (χ3n) is 3.87. The lowest BCUT2D eigenvalue weighted by Crippen LogP contribution is -2.39. The third-order valence-corrected chi connectivity index (χ3v) is 4.08. The van der Waals surface area contributed by atoms with Crippen molar-refractivity contribution in [2.75, 3.05) is 33.2 Å². The number of aryl methyl sites for hydroxylation is 1. The van der Waals surface area contributed by atoms with E-state index in [1.165, 1.54) is 0 Å². The Labute approximate surface area is 150 Å². The smallest absolute Gasteiger partial charge is 0.224 e. The molecule has 0 saturated carbocycles. The third kappa shape index (κ3) is 6.07. The number of carbonyl (C=O) groups is 1. The molecule has 0 atom stereocenters. The van der Waals surface area contributed by atoms with Crippen LogP contribution in [0.15, 0.2) is 17.3 Å². The molecule has 1 aromatic rings. The zero-order valence-corrected chi connectivity index (χ0v) is 16.2. The second-order valence-corrected chi connectivity index (χ2v) is 6.10. The van der Waals surface area contributed by atoms with Crippen LogP contribution in [0.4, 0.5) is 0 Å². The molecule has 0 radical (unpaired) electrons. The molecule has 0 bridgehead atoms. The molecule has 0 aliphatic rings. The Morgan fingerprint density at radius 3 is 2.50 bits per heavy atom. The van der Waals surface area contributed by atoms with Gasteiger partial charge in [0, 0.05) is 52.0 Å². The average molecular weight is 356 g/mol. The van der Waals surface area contributed by atoms with Gasteiger partial charge in [0.05, 0.1) is 18.1 Å². The average Bonchev–Trinajstić information content (AvgIpc) is 2.85. The second kappa shape index (κ2) is 10.2. The van der Waals surface area contributed by atoms with Gasteiger partial charge in [-0.15, -0.1) is 0 Å². The van der Waals surface area contributed by atoms with Gasteiger partial charge in [-0.05, 0) is 26.8 Å². The normalized spacial score (nSPS) is 11.5. The SMILES string of the molecule is CCNC(=NCCC(=O)N(CC)CC)N(C)Cc1cc(Cl)cn1C. The zero-order chi connectivity index (χ0) is 18.1. The predicted molar refractivity (Wildman–Crippen MR) is 100 cm³/mol. The monoisotopic (exact) mass is 355 g/mol. The largest absolute Gasteiger partial charge is 0.357 e. The van der Waals surface area contributed by atoms with Crippen molar-refractivity contribution in [2.24, 2.45) is 12.0 Å². The van der Waals surface area contributed by atoms with Crippen molar-refractivity contribution >= 4 is 23.5 Å². The maximum atomic E-state index is 12.1. The first-order valence-corrected chi connectivity index (χ1v) is 8.88. The summed E-state index contributed by atoms with van der Waals surface area (Å²) in [6.45, 7) is 9.46. The first kappa shape index (κ1) is 20.4. The molecule has 0 aromatic carbocycles. The second-order valence-electron chi connectivity index (χ2n) is 5.67. The van der Waals surface area contributed by atoms with Crippen LogP contribution in [0.3, 0.4) is 0 Å². The Balaban J connectivity index is 2.67. The number of carbonyl (C=O) groups excluding carboxylic acids is 1. The van der Waals surface area contributed by atoms with Gasteiger partial charge in [-0.25, -0.2) is 0 Å². The molecule has 1 heterocycles. The summed E-state index contributed by atoms with van der Waals surface area (Å²) in [4.78, 5) is 20.5. The van der Waals surface area contributed by atoms with Gasteiger partial charge in [-0.2, -0.15) is 0 Å². The van der Waals surface area contributed by atoms with Crippen LogP contribution in [0.25, 0.3) is 0 Å². The molecule has 1 rings (SSSR count). The van der Waals surface area contributed by atoms with E-state index in [0.717, 1.165) is 36.3 Å². The van der Waals surface area contributed by atoms with E-state index in [1.807, 2.05) is 61.5 Å². The van der Waals surface area contributed by atoms with Gasteiger partial charge in [0.25, 0.3) is 0 Å². The van der Waals surface area contributed by atoms with Gasteiger partial charge in [0.2, 0.25) is 5.91 Å². The van der Waals surface area contributed by atoms with Gasteiger partial charge in [-0.1, -0.05) is 11.6 Å². The molecule has 1 amide bonds. The fourth-order valence-electron chi connectivity index (χ4n) is 2.50. The fraction of sp³-hybridized carbons (Fsp3) is 0.647. The quantitative estimate of drug-likeness (QED) is 0.575. The van der Waals surface area contributed by atoms with Crippen molar-refractivity contribution in [3.8, 4) is 0 Å². The summed E-state index contributed by atoms with van der Waals surface area (Å²) in [5, 5.41) is 4.00. The Bertz CT molecular complexity index is 551. The van der Waals surface area contributed by atoms with E-state index in [2.05, 4.69) is 10.3 Å². The number of amides is 1. The van der Waals surface area contributed by atoms with Crippen molar-refractivity contribution in [2.45, 2.75) is 33.7 Å². The number of halogens is 1. The van der Waals surface area contributed by atoms with E-state index in [4.69, 9.17) is 11.6 Å². The Hall–Kier alpha value is -1.69. The summed E-state index contributed by atoms with van der Waals surface area (Å²) in [5.74, 6) is 0.943. The predicted octanol–water partition coefficient (Wildman–Crippen LogP) is 2.33. The molecule has 0 aliphatic carbocycles. The van der Waals surface area contributed by atoms with Gasteiger partial charge in [-0.3, -0.25) is 9.79 Å². The van der Waals surface area contributed by atoms with Crippen LogP contribution in [-0.2, 0) is 18.4 Å². The van der Waals surface area contributed by atoms with Crippen molar-refractivity contribution in [1.82, 2.24) is 19.7 Å². The first-order valence-electron chi connectivity index (χ1n) is 8.50. The van der Waals surface area contributed by atoms with E-state index in [1.54, 1.807) is 0 Å². The maximum absolute atomic E-state index is 12.1. The topological polar surface area (TPSA) is 52.9 Å². The lowest BCUT2D eigenvalue weighted by atomic mass is 10.3. The number of guanidine groups is 1. The number of nitrogens with zero attached hydrogens (tertiary/aromatic N) is 4. The molecule has 0 fully saturated rings. The molecule has 1 aromatic heterocycles. The highest BCUT2D eigenvalue weighted by atomic mass is 35.5. The molecular formula is C17H30ClN5O. The minimum atomic E-state index is 0.150. The first-order chi connectivity index (χ1) is 11.4. The Morgan fingerprint density at radius 2 is 2.00 bits per heavy atom. The lowest BCUT2D eigenvalue weighted by Gasteiger charge is -2.22. The molecule has 6 nitrogen and oxygen atoms in total. The molecule has 136 valence electrons. The molecule has 0 unspecified atom stereocenters. The van der Waals surface area contributed by atoms with Crippen LogP contribution in [0, 0.1) is 0 Å². The summed E-state index contributed by atoms with van der Waals surface area (Å²) < 4.78 is 2.01. The molecule has 0 aliphatic heterocycles. The maximum Gasteiger partial charge on any atom is 0.224 e. The molecule has 7 heteroatoms. The highest BCUT2D eigenvalue weighted by molar-refractivity contribution is 6.30. The highest BCUT2D eigenvalue weighted by Gasteiger charge is 2.11. The summed E-state index contributed by atoms with van der Waals surface area (Å²) in [6.07, 6.45) is 2.32. The summed E-state index contributed by atoms with van der Waals surface area (Å²) >= 11 is 6.04. The number of rotatable bonds is 8. The van der Waals surface area contributed by atoms with Crippen molar-refractivity contribution < 1.29 is 4.79 Å². The van der Waals surface area contributed by atoms with E-state index in [0.29, 0.717) is 19.5 Å². The number of aliphatic imine (C=N–C) groups is 1. The van der Waals surface area contributed by atoms with Gasteiger partial charge in [0.15, 0.2) is 5.96 Å². The van der Waals surface area contributed by atoms with Crippen LogP contribution < -0.4 is 5.32 Å². The summed E-state index contributed by atoms with van der Waals surface area (Å²) in [7, 11) is 3.95. The minimum Gasteiger partial charge on any atom is -0.357 e. The van der Waals surface area contributed by atoms with Crippen LogP contribution in [0.5, 0.6) is 0 Å². The summed E-state index contributed by atoms with van der Waals surface area (Å²) in [6, 6.07) is 1.95. The number of hydrogen-bond donors (Lipinski definition) is 1. The lowest BCUT2D eigenvalue weighted by molar-refractivity contribution is -0.130. The highest BCUT2D eigenvalue weighted by Crippen LogP contribution is 2.14. The van der Waals surface area contributed by atoms with E-state index >= 15 is 0 Å². The van der Waals surface area contributed by atoms with E-state index < -0.39 is 0 Å². The molecular weight excluding hydrogens is 326 g/mol. The Kier molecular flexibility index (Phi) is 8.68. The van der Waals surface area contributed by atoms with Crippen LogP contribution in [0.1, 0.15) is 32.9 Å².